The molecule has 1 fully saturated rings. The fourth-order valence-corrected chi connectivity index (χ4v) is 3.23. The lowest BCUT2D eigenvalue weighted by atomic mass is 9.83. The molecule has 0 saturated heterocycles. The summed E-state index contributed by atoms with van der Waals surface area (Å²) in [7, 11) is 0. The van der Waals surface area contributed by atoms with Gasteiger partial charge in [0.05, 0.1) is 21.1 Å². The van der Waals surface area contributed by atoms with Crippen molar-refractivity contribution in [2.24, 2.45) is 0 Å². The maximum Gasteiger partial charge on any atom is 0.253 e. The molecule has 1 aromatic carbocycles. The van der Waals surface area contributed by atoms with Crippen LogP contribution in [0.25, 0.3) is 0 Å². The monoisotopic (exact) mass is 319 g/mol. The number of hydrogen-bond acceptors (Lipinski definition) is 1. The van der Waals surface area contributed by atoms with E-state index in [1.807, 2.05) is 0 Å². The number of amides is 1. The summed E-state index contributed by atoms with van der Waals surface area (Å²) < 4.78 is 0. The molecular weight excluding hydrogens is 305 g/mol. The molecule has 0 aromatic heterocycles. The molecule has 104 valence electrons. The molecule has 0 atom stereocenters. The van der Waals surface area contributed by atoms with E-state index in [2.05, 4.69) is 5.32 Å². The molecule has 0 unspecified atom stereocenters. The van der Waals surface area contributed by atoms with Crippen molar-refractivity contribution < 1.29 is 4.79 Å². The van der Waals surface area contributed by atoms with Gasteiger partial charge in [-0.1, -0.05) is 48.5 Å². The number of carbonyl (C=O) groups is 1. The van der Waals surface area contributed by atoms with Crippen LogP contribution in [0.15, 0.2) is 18.2 Å². The fourth-order valence-electron chi connectivity index (χ4n) is 2.51. The summed E-state index contributed by atoms with van der Waals surface area (Å²) >= 11 is 18.1. The summed E-state index contributed by atoms with van der Waals surface area (Å²) in [5.74, 6) is 0.228. The van der Waals surface area contributed by atoms with Gasteiger partial charge in [0.1, 0.15) is 0 Å². The molecule has 1 aliphatic carbocycles. The number of benzene rings is 1. The highest BCUT2D eigenvalue weighted by atomic mass is 35.5. The maximum absolute atomic E-state index is 12.3. The van der Waals surface area contributed by atoms with Crippen molar-refractivity contribution in [3.05, 3.63) is 33.8 Å². The Balaban J connectivity index is 2.17. The molecule has 0 spiro atoms. The Morgan fingerprint density at radius 2 is 1.89 bits per heavy atom. The molecule has 1 saturated carbocycles. The molecule has 2 rings (SSSR count). The summed E-state index contributed by atoms with van der Waals surface area (Å²) in [6, 6.07) is 5.06. The average Bonchev–Trinajstić information content (AvgIpc) is 2.42. The van der Waals surface area contributed by atoms with Gasteiger partial charge in [-0.05, 0) is 25.0 Å². The van der Waals surface area contributed by atoms with Crippen molar-refractivity contribution in [1.29, 1.82) is 0 Å². The van der Waals surface area contributed by atoms with Gasteiger partial charge >= 0.3 is 0 Å². The van der Waals surface area contributed by atoms with Gasteiger partial charge in [0.15, 0.2) is 0 Å². The van der Waals surface area contributed by atoms with E-state index in [1.54, 1.807) is 18.2 Å². The van der Waals surface area contributed by atoms with Crippen molar-refractivity contribution >= 4 is 40.7 Å². The number of alkyl halides is 1. The van der Waals surface area contributed by atoms with E-state index >= 15 is 0 Å². The molecule has 0 bridgehead atoms. The Kier molecular flexibility index (Phi) is 4.99. The first kappa shape index (κ1) is 15.0. The highest BCUT2D eigenvalue weighted by Crippen LogP contribution is 2.31. The van der Waals surface area contributed by atoms with Crippen molar-refractivity contribution in [3.63, 3.8) is 0 Å². The first-order valence-corrected chi connectivity index (χ1v) is 7.69. The molecule has 1 aliphatic rings. The molecule has 1 N–H and O–H groups in total. The van der Waals surface area contributed by atoms with E-state index in [4.69, 9.17) is 34.8 Å². The van der Waals surface area contributed by atoms with E-state index < -0.39 is 0 Å². The smallest absolute Gasteiger partial charge is 0.253 e. The zero-order valence-corrected chi connectivity index (χ0v) is 12.8. The van der Waals surface area contributed by atoms with Crippen LogP contribution in [0.2, 0.25) is 10.0 Å². The minimum absolute atomic E-state index is 0.199. The van der Waals surface area contributed by atoms with Gasteiger partial charge in [0.2, 0.25) is 0 Å². The summed E-state index contributed by atoms with van der Waals surface area (Å²) in [5.41, 5.74) is 0.104. The van der Waals surface area contributed by atoms with Crippen LogP contribution in [0.3, 0.4) is 0 Å². The van der Waals surface area contributed by atoms with Gasteiger partial charge in [-0.15, -0.1) is 11.6 Å². The molecule has 19 heavy (non-hydrogen) atoms. The lowest BCUT2D eigenvalue weighted by Crippen LogP contribution is -2.51. The predicted octanol–water partition coefficient (Wildman–Crippen LogP) is 4.66. The third kappa shape index (κ3) is 3.36. The Morgan fingerprint density at radius 1 is 1.21 bits per heavy atom. The summed E-state index contributed by atoms with van der Waals surface area (Å²) in [4.78, 5) is 12.3. The van der Waals surface area contributed by atoms with E-state index in [0.29, 0.717) is 21.5 Å². The standard InChI is InChI=1S/C14H16Cl3NO/c15-9-14(7-2-1-3-8-14)18-13(19)10-5-4-6-11(16)12(10)17/h4-6H,1-3,7-9H2,(H,18,19). The third-order valence-electron chi connectivity index (χ3n) is 3.64. The van der Waals surface area contributed by atoms with E-state index in [-0.39, 0.29) is 11.4 Å². The van der Waals surface area contributed by atoms with Crippen LogP contribution in [0.4, 0.5) is 0 Å². The molecule has 0 aliphatic heterocycles. The van der Waals surface area contributed by atoms with Crippen LogP contribution in [0.5, 0.6) is 0 Å². The van der Waals surface area contributed by atoms with Crippen molar-refractivity contribution in [2.45, 2.75) is 37.6 Å². The van der Waals surface area contributed by atoms with Gasteiger partial charge < -0.3 is 5.32 Å². The van der Waals surface area contributed by atoms with E-state index in [0.717, 1.165) is 25.7 Å². The summed E-state index contributed by atoms with van der Waals surface area (Å²) in [5, 5.41) is 3.73. The van der Waals surface area contributed by atoms with Gasteiger partial charge in [0.25, 0.3) is 5.91 Å². The second-order valence-corrected chi connectivity index (χ2v) is 6.08. The quantitative estimate of drug-likeness (QED) is 0.806. The van der Waals surface area contributed by atoms with E-state index in [9.17, 15) is 4.79 Å². The SMILES string of the molecule is O=C(NC1(CCl)CCCCC1)c1cccc(Cl)c1Cl. The Bertz CT molecular complexity index is 470. The second-order valence-electron chi connectivity index (χ2n) is 5.03. The molecule has 5 heteroatoms. The zero-order valence-electron chi connectivity index (χ0n) is 10.5. The zero-order chi connectivity index (χ0) is 13.9. The number of hydrogen-bond donors (Lipinski definition) is 1. The van der Waals surface area contributed by atoms with Crippen molar-refractivity contribution in [1.82, 2.24) is 5.32 Å². The first-order chi connectivity index (χ1) is 9.08. The van der Waals surface area contributed by atoms with Crippen LogP contribution in [-0.4, -0.2) is 17.3 Å². The van der Waals surface area contributed by atoms with Crippen LogP contribution in [0, 0.1) is 0 Å². The van der Waals surface area contributed by atoms with E-state index in [1.165, 1.54) is 6.42 Å². The van der Waals surface area contributed by atoms with Crippen molar-refractivity contribution in [2.75, 3.05) is 5.88 Å². The topological polar surface area (TPSA) is 29.1 Å². The number of rotatable bonds is 3. The van der Waals surface area contributed by atoms with Gasteiger partial charge in [-0.25, -0.2) is 0 Å². The van der Waals surface area contributed by atoms with Gasteiger partial charge in [-0.2, -0.15) is 0 Å². The molecule has 1 aromatic rings. The highest BCUT2D eigenvalue weighted by Gasteiger charge is 2.33. The lowest BCUT2D eigenvalue weighted by molar-refractivity contribution is 0.0885. The molecule has 0 radical (unpaired) electrons. The lowest BCUT2D eigenvalue weighted by Gasteiger charge is -2.36. The predicted molar refractivity (Wildman–Crippen MR) is 80.5 cm³/mol. The maximum atomic E-state index is 12.3. The highest BCUT2D eigenvalue weighted by molar-refractivity contribution is 6.43. The molecule has 0 heterocycles. The van der Waals surface area contributed by atoms with Crippen molar-refractivity contribution in [3.8, 4) is 0 Å². The van der Waals surface area contributed by atoms with Crippen LogP contribution in [-0.2, 0) is 0 Å². The van der Waals surface area contributed by atoms with Gasteiger partial charge in [-0.3, -0.25) is 4.79 Å². The molecular formula is C14H16Cl3NO. The van der Waals surface area contributed by atoms with Crippen LogP contribution < -0.4 is 5.32 Å². The second kappa shape index (κ2) is 6.34. The minimum atomic E-state index is -0.303. The Labute approximate surface area is 128 Å². The largest absolute Gasteiger partial charge is 0.345 e. The number of carbonyl (C=O) groups excluding carboxylic acids is 1. The number of nitrogens with one attached hydrogen (secondary N) is 1. The number of halogens is 3. The Morgan fingerprint density at radius 3 is 2.53 bits per heavy atom. The minimum Gasteiger partial charge on any atom is -0.345 e. The fraction of sp³-hybridized carbons (Fsp3) is 0.500. The Hall–Kier alpha value is -0.440. The summed E-state index contributed by atoms with van der Waals surface area (Å²) in [6.45, 7) is 0. The molecule has 2 nitrogen and oxygen atoms in total. The normalized spacial score (nSPS) is 18.1. The van der Waals surface area contributed by atoms with Crippen LogP contribution in [0.1, 0.15) is 42.5 Å². The van der Waals surface area contributed by atoms with Gasteiger partial charge in [0, 0.05) is 5.88 Å². The van der Waals surface area contributed by atoms with Crippen LogP contribution >= 0.6 is 34.8 Å². The third-order valence-corrected chi connectivity index (χ3v) is 4.97. The average molecular weight is 321 g/mol. The first-order valence-electron chi connectivity index (χ1n) is 6.40. The molecule has 1 amide bonds. The summed E-state index contributed by atoms with van der Waals surface area (Å²) in [6.07, 6.45) is 5.22.